The minimum Gasteiger partial charge on any atom is -0.313 e. The molecule has 0 aromatic heterocycles. The summed E-state index contributed by atoms with van der Waals surface area (Å²) in [5.41, 5.74) is 0.433. The van der Waals surface area contributed by atoms with Crippen LogP contribution in [0.3, 0.4) is 0 Å². The normalized spacial score (nSPS) is 10.9. The average molecular weight is 273 g/mol. The molecular weight excluding hydrogens is 251 g/mol. The van der Waals surface area contributed by atoms with Gasteiger partial charge in [0.2, 0.25) is 0 Å². The summed E-state index contributed by atoms with van der Waals surface area (Å²) in [7, 11) is 0. The molecule has 1 aromatic carbocycles. The molecular formula is C15H22F3N. The smallest absolute Gasteiger partial charge is 0.194 e. The maximum absolute atomic E-state index is 12.9. The zero-order chi connectivity index (χ0) is 14.1. The Labute approximate surface area is 113 Å². The first-order valence-corrected chi connectivity index (χ1v) is 6.99. The molecule has 0 atom stereocenters. The monoisotopic (exact) mass is 273 g/mol. The van der Waals surface area contributed by atoms with Gasteiger partial charge >= 0.3 is 0 Å². The zero-order valence-electron chi connectivity index (χ0n) is 11.4. The van der Waals surface area contributed by atoms with Gasteiger partial charge in [-0.1, -0.05) is 39.0 Å². The number of unbranched alkanes of at least 4 members (excludes halogenated alkanes) is 5. The third-order valence-corrected chi connectivity index (χ3v) is 3.08. The van der Waals surface area contributed by atoms with Crippen molar-refractivity contribution in [1.82, 2.24) is 5.32 Å². The van der Waals surface area contributed by atoms with Gasteiger partial charge in [-0.25, -0.2) is 13.2 Å². The average Bonchev–Trinajstić information content (AvgIpc) is 2.39. The summed E-state index contributed by atoms with van der Waals surface area (Å²) in [6.07, 6.45) is 7.23. The third-order valence-electron chi connectivity index (χ3n) is 3.08. The molecule has 0 bridgehead atoms. The molecule has 4 heteroatoms. The lowest BCUT2D eigenvalue weighted by atomic mass is 10.1. The van der Waals surface area contributed by atoms with Crippen molar-refractivity contribution in [1.29, 1.82) is 0 Å². The molecule has 0 radical (unpaired) electrons. The minimum absolute atomic E-state index is 0.364. The van der Waals surface area contributed by atoms with E-state index in [0.29, 0.717) is 12.1 Å². The van der Waals surface area contributed by atoms with Crippen molar-refractivity contribution in [2.75, 3.05) is 6.54 Å². The van der Waals surface area contributed by atoms with Crippen LogP contribution >= 0.6 is 0 Å². The van der Waals surface area contributed by atoms with Gasteiger partial charge in [-0.2, -0.15) is 0 Å². The Balaban J connectivity index is 2.16. The molecule has 0 amide bonds. The second-order valence-corrected chi connectivity index (χ2v) is 4.82. The molecule has 0 spiro atoms. The molecule has 1 rings (SSSR count). The first kappa shape index (κ1) is 16.0. The Bertz CT molecular complexity index is 357. The number of hydrogen-bond donors (Lipinski definition) is 1. The van der Waals surface area contributed by atoms with E-state index in [1.54, 1.807) is 0 Å². The highest BCUT2D eigenvalue weighted by molar-refractivity contribution is 5.19. The molecule has 0 fully saturated rings. The first-order chi connectivity index (χ1) is 9.15. The van der Waals surface area contributed by atoms with Crippen LogP contribution in [0.4, 0.5) is 13.2 Å². The van der Waals surface area contributed by atoms with Crippen LogP contribution in [0.15, 0.2) is 12.1 Å². The van der Waals surface area contributed by atoms with Crippen LogP contribution in [0.25, 0.3) is 0 Å². The molecule has 0 saturated carbocycles. The summed E-state index contributed by atoms with van der Waals surface area (Å²) in [4.78, 5) is 0. The van der Waals surface area contributed by atoms with E-state index < -0.39 is 17.5 Å². The first-order valence-electron chi connectivity index (χ1n) is 6.99. The number of rotatable bonds is 9. The zero-order valence-corrected chi connectivity index (χ0v) is 11.4. The van der Waals surface area contributed by atoms with Gasteiger partial charge < -0.3 is 5.32 Å². The van der Waals surface area contributed by atoms with E-state index in [1.807, 2.05) is 0 Å². The van der Waals surface area contributed by atoms with Crippen LogP contribution in [-0.4, -0.2) is 6.54 Å². The van der Waals surface area contributed by atoms with Gasteiger partial charge in [0.05, 0.1) is 0 Å². The Morgan fingerprint density at radius 1 is 0.895 bits per heavy atom. The van der Waals surface area contributed by atoms with E-state index in [2.05, 4.69) is 12.2 Å². The molecule has 108 valence electrons. The molecule has 0 aliphatic carbocycles. The minimum atomic E-state index is -1.40. The van der Waals surface area contributed by atoms with E-state index in [4.69, 9.17) is 0 Å². The topological polar surface area (TPSA) is 12.0 Å². The van der Waals surface area contributed by atoms with Gasteiger partial charge in [-0.15, -0.1) is 0 Å². The van der Waals surface area contributed by atoms with Crippen LogP contribution < -0.4 is 5.32 Å². The van der Waals surface area contributed by atoms with Gasteiger partial charge in [-0.3, -0.25) is 0 Å². The number of halogens is 3. The van der Waals surface area contributed by atoms with Crippen LogP contribution in [-0.2, 0) is 6.54 Å². The number of benzene rings is 1. The summed E-state index contributed by atoms with van der Waals surface area (Å²) in [5.74, 6) is -3.66. The molecule has 1 N–H and O–H groups in total. The predicted octanol–water partition coefficient (Wildman–Crippen LogP) is 4.55. The van der Waals surface area contributed by atoms with Crippen LogP contribution in [0, 0.1) is 17.5 Å². The molecule has 1 aromatic rings. The van der Waals surface area contributed by atoms with Gasteiger partial charge in [0, 0.05) is 6.54 Å². The van der Waals surface area contributed by atoms with E-state index in [1.165, 1.54) is 32.1 Å². The van der Waals surface area contributed by atoms with Gasteiger partial charge in [0.1, 0.15) is 0 Å². The molecule has 0 saturated heterocycles. The highest BCUT2D eigenvalue weighted by Gasteiger charge is 2.09. The lowest BCUT2D eigenvalue weighted by Gasteiger charge is -2.06. The van der Waals surface area contributed by atoms with E-state index in [0.717, 1.165) is 25.1 Å². The van der Waals surface area contributed by atoms with Gasteiger partial charge in [-0.05, 0) is 30.7 Å². The van der Waals surface area contributed by atoms with E-state index >= 15 is 0 Å². The Morgan fingerprint density at radius 3 is 2.11 bits per heavy atom. The quantitative estimate of drug-likeness (QED) is 0.514. The summed E-state index contributed by atoms with van der Waals surface area (Å²) in [6.45, 7) is 3.36. The van der Waals surface area contributed by atoms with Crippen molar-refractivity contribution in [3.63, 3.8) is 0 Å². The maximum Gasteiger partial charge on any atom is 0.194 e. The van der Waals surface area contributed by atoms with Gasteiger partial charge in [0.25, 0.3) is 0 Å². The van der Waals surface area contributed by atoms with E-state index in [-0.39, 0.29) is 0 Å². The summed E-state index contributed by atoms with van der Waals surface area (Å²) in [5, 5.41) is 3.11. The van der Waals surface area contributed by atoms with Crippen LogP contribution in [0.5, 0.6) is 0 Å². The summed E-state index contributed by atoms with van der Waals surface area (Å²) < 4.78 is 38.6. The van der Waals surface area contributed by atoms with Crippen molar-refractivity contribution in [2.45, 2.75) is 52.0 Å². The third kappa shape index (κ3) is 6.10. The number of hydrogen-bond acceptors (Lipinski definition) is 1. The van der Waals surface area contributed by atoms with Crippen molar-refractivity contribution < 1.29 is 13.2 Å². The Kier molecular flexibility index (Phi) is 7.56. The Hall–Kier alpha value is -1.03. The fourth-order valence-corrected chi connectivity index (χ4v) is 1.97. The number of nitrogens with one attached hydrogen (secondary N) is 1. The summed E-state index contributed by atoms with van der Waals surface area (Å²) >= 11 is 0. The van der Waals surface area contributed by atoms with Crippen molar-refractivity contribution in [3.05, 3.63) is 35.1 Å². The fourth-order valence-electron chi connectivity index (χ4n) is 1.97. The van der Waals surface area contributed by atoms with Crippen LogP contribution in [0.1, 0.15) is 51.0 Å². The molecule has 0 aliphatic rings. The van der Waals surface area contributed by atoms with Crippen molar-refractivity contribution >= 4 is 0 Å². The predicted molar refractivity (Wildman–Crippen MR) is 71.4 cm³/mol. The lowest BCUT2D eigenvalue weighted by Crippen LogP contribution is -2.15. The molecule has 1 nitrogen and oxygen atoms in total. The highest BCUT2D eigenvalue weighted by atomic mass is 19.2. The second kappa shape index (κ2) is 8.97. The molecule has 0 aliphatic heterocycles. The molecule has 0 unspecified atom stereocenters. The Morgan fingerprint density at radius 2 is 1.47 bits per heavy atom. The standard InChI is InChI=1S/C15H22F3N/c1-2-3-4-5-6-7-8-19-11-12-9-13(16)15(18)14(17)10-12/h9-10,19H,2-8,11H2,1H3. The second-order valence-electron chi connectivity index (χ2n) is 4.82. The van der Waals surface area contributed by atoms with Crippen LogP contribution in [0.2, 0.25) is 0 Å². The lowest BCUT2D eigenvalue weighted by molar-refractivity contribution is 0.444. The SMILES string of the molecule is CCCCCCCCNCc1cc(F)c(F)c(F)c1. The maximum atomic E-state index is 12.9. The molecule has 19 heavy (non-hydrogen) atoms. The largest absolute Gasteiger partial charge is 0.313 e. The highest BCUT2D eigenvalue weighted by Crippen LogP contribution is 2.13. The van der Waals surface area contributed by atoms with Crippen molar-refractivity contribution in [3.8, 4) is 0 Å². The van der Waals surface area contributed by atoms with Crippen molar-refractivity contribution in [2.24, 2.45) is 0 Å². The fraction of sp³-hybridized carbons (Fsp3) is 0.600. The molecule has 0 heterocycles. The van der Waals surface area contributed by atoms with Gasteiger partial charge in [0.15, 0.2) is 17.5 Å². The van der Waals surface area contributed by atoms with E-state index in [9.17, 15) is 13.2 Å². The summed E-state index contributed by atoms with van der Waals surface area (Å²) in [6, 6.07) is 2.07.